The van der Waals surface area contributed by atoms with Crippen molar-refractivity contribution in [1.82, 2.24) is 4.72 Å². The van der Waals surface area contributed by atoms with Crippen molar-refractivity contribution in [2.24, 2.45) is 5.92 Å². The van der Waals surface area contributed by atoms with Crippen LogP contribution in [0, 0.1) is 11.7 Å². The number of rotatable bonds is 4. The predicted octanol–water partition coefficient (Wildman–Crippen LogP) is 3.45. The standard InChI is InChI=1S/C14H19BrFNO2S/c1-11-5-7-14(10-15,8-6-11)17-20(18,19)13-4-2-3-12(16)9-13/h2-4,9,11,17H,5-8,10H2,1H3. The Bertz CT molecular complexity index is 568. The van der Waals surface area contributed by atoms with Gasteiger partial charge >= 0.3 is 0 Å². The van der Waals surface area contributed by atoms with Gasteiger partial charge < -0.3 is 0 Å². The number of sulfonamides is 1. The lowest BCUT2D eigenvalue weighted by Crippen LogP contribution is -2.51. The van der Waals surface area contributed by atoms with Crippen molar-refractivity contribution in [3.8, 4) is 0 Å². The number of halogens is 2. The van der Waals surface area contributed by atoms with Gasteiger partial charge in [-0.05, 0) is 49.8 Å². The molecule has 1 fully saturated rings. The van der Waals surface area contributed by atoms with Gasteiger partial charge in [-0.3, -0.25) is 0 Å². The van der Waals surface area contributed by atoms with E-state index in [1.54, 1.807) is 0 Å². The zero-order chi connectivity index (χ0) is 14.8. The van der Waals surface area contributed by atoms with Crippen molar-refractivity contribution in [3.63, 3.8) is 0 Å². The fourth-order valence-electron chi connectivity index (χ4n) is 2.56. The molecule has 1 N–H and O–H groups in total. The molecule has 0 heterocycles. The minimum Gasteiger partial charge on any atom is -0.207 e. The quantitative estimate of drug-likeness (QED) is 0.832. The summed E-state index contributed by atoms with van der Waals surface area (Å²) in [5.41, 5.74) is -0.461. The lowest BCUT2D eigenvalue weighted by Gasteiger charge is -2.38. The van der Waals surface area contributed by atoms with E-state index in [1.807, 2.05) is 0 Å². The van der Waals surface area contributed by atoms with Crippen LogP contribution in [-0.4, -0.2) is 19.3 Å². The average Bonchev–Trinajstić information content (AvgIpc) is 2.41. The van der Waals surface area contributed by atoms with Crippen LogP contribution >= 0.6 is 15.9 Å². The average molecular weight is 364 g/mol. The molecule has 0 spiro atoms. The van der Waals surface area contributed by atoms with E-state index in [0.717, 1.165) is 31.7 Å². The lowest BCUT2D eigenvalue weighted by molar-refractivity contribution is 0.250. The Morgan fingerprint density at radius 3 is 2.60 bits per heavy atom. The SMILES string of the molecule is CC1CCC(CBr)(NS(=O)(=O)c2cccc(F)c2)CC1. The summed E-state index contributed by atoms with van der Waals surface area (Å²) in [6, 6.07) is 5.11. The molecule has 0 atom stereocenters. The molecule has 112 valence electrons. The van der Waals surface area contributed by atoms with Gasteiger partial charge in [0.25, 0.3) is 0 Å². The maximum atomic E-state index is 13.2. The summed E-state index contributed by atoms with van der Waals surface area (Å²) < 4.78 is 40.8. The highest BCUT2D eigenvalue weighted by Gasteiger charge is 2.37. The molecule has 2 rings (SSSR count). The summed E-state index contributed by atoms with van der Waals surface area (Å²) in [6.07, 6.45) is 3.59. The monoisotopic (exact) mass is 363 g/mol. The summed E-state index contributed by atoms with van der Waals surface area (Å²) in [5.74, 6) is 0.0823. The van der Waals surface area contributed by atoms with Gasteiger partial charge in [0.1, 0.15) is 5.82 Å². The largest absolute Gasteiger partial charge is 0.241 e. The topological polar surface area (TPSA) is 46.2 Å². The van der Waals surface area contributed by atoms with Gasteiger partial charge in [0, 0.05) is 10.9 Å². The number of benzene rings is 1. The van der Waals surface area contributed by atoms with Crippen molar-refractivity contribution >= 4 is 26.0 Å². The fourth-order valence-corrected chi connectivity index (χ4v) is 4.93. The Balaban J connectivity index is 2.22. The summed E-state index contributed by atoms with van der Waals surface area (Å²) in [7, 11) is -3.69. The van der Waals surface area contributed by atoms with Gasteiger partial charge in [0.05, 0.1) is 4.90 Å². The lowest BCUT2D eigenvalue weighted by atomic mass is 9.79. The van der Waals surface area contributed by atoms with Gasteiger partial charge in [0.15, 0.2) is 0 Å². The third-order valence-corrected chi connectivity index (χ3v) is 6.59. The van der Waals surface area contributed by atoms with Gasteiger partial charge in [-0.1, -0.05) is 28.9 Å². The van der Waals surface area contributed by atoms with Crippen LogP contribution in [0.25, 0.3) is 0 Å². The minimum absolute atomic E-state index is 0.0172. The molecule has 1 aliphatic carbocycles. The molecule has 0 aromatic heterocycles. The second-order valence-electron chi connectivity index (χ2n) is 5.66. The highest BCUT2D eigenvalue weighted by atomic mass is 79.9. The zero-order valence-corrected chi connectivity index (χ0v) is 13.8. The second-order valence-corrected chi connectivity index (χ2v) is 7.90. The van der Waals surface area contributed by atoms with Gasteiger partial charge in [-0.2, -0.15) is 0 Å². The molecule has 3 nitrogen and oxygen atoms in total. The normalized spacial score (nSPS) is 27.4. The van der Waals surface area contributed by atoms with Crippen LogP contribution in [0.2, 0.25) is 0 Å². The molecule has 6 heteroatoms. The Morgan fingerprint density at radius 2 is 2.05 bits per heavy atom. The highest BCUT2D eigenvalue weighted by Crippen LogP contribution is 2.34. The van der Waals surface area contributed by atoms with Gasteiger partial charge in [-0.25, -0.2) is 17.5 Å². The first-order valence-corrected chi connectivity index (χ1v) is 9.33. The number of hydrogen-bond acceptors (Lipinski definition) is 2. The maximum Gasteiger partial charge on any atom is 0.241 e. The minimum atomic E-state index is -3.69. The van der Waals surface area contributed by atoms with Gasteiger partial charge in [-0.15, -0.1) is 0 Å². The third kappa shape index (κ3) is 3.59. The smallest absolute Gasteiger partial charge is 0.207 e. The molecule has 20 heavy (non-hydrogen) atoms. The van der Waals surface area contributed by atoms with Crippen LogP contribution in [-0.2, 0) is 10.0 Å². The second kappa shape index (κ2) is 6.12. The summed E-state index contributed by atoms with van der Waals surface area (Å²) >= 11 is 3.43. The van der Waals surface area contributed by atoms with E-state index in [-0.39, 0.29) is 4.90 Å². The maximum absolute atomic E-state index is 13.2. The van der Waals surface area contributed by atoms with E-state index < -0.39 is 21.4 Å². The Hall–Kier alpha value is -0.460. The predicted molar refractivity (Wildman–Crippen MR) is 80.9 cm³/mol. The Kier molecular flexibility index (Phi) is 4.87. The van der Waals surface area contributed by atoms with Crippen molar-refractivity contribution < 1.29 is 12.8 Å². The van der Waals surface area contributed by atoms with Crippen LogP contribution in [0.5, 0.6) is 0 Å². The molecule has 1 aromatic rings. The van der Waals surface area contributed by atoms with E-state index in [1.165, 1.54) is 18.2 Å². The number of alkyl halides is 1. The van der Waals surface area contributed by atoms with Crippen molar-refractivity contribution in [1.29, 1.82) is 0 Å². The first-order chi connectivity index (χ1) is 9.37. The van der Waals surface area contributed by atoms with E-state index in [2.05, 4.69) is 27.6 Å². The molecule has 1 aliphatic rings. The van der Waals surface area contributed by atoms with Crippen LogP contribution in [0.15, 0.2) is 29.2 Å². The molecular formula is C14H19BrFNO2S. The molecule has 0 unspecified atom stereocenters. The van der Waals surface area contributed by atoms with E-state index in [9.17, 15) is 12.8 Å². The third-order valence-electron chi connectivity index (χ3n) is 3.94. The summed E-state index contributed by atoms with van der Waals surface area (Å²) in [4.78, 5) is -0.0172. The summed E-state index contributed by atoms with van der Waals surface area (Å²) in [5, 5.41) is 0.571. The Labute approximate surface area is 128 Å². The highest BCUT2D eigenvalue weighted by molar-refractivity contribution is 9.09. The fraction of sp³-hybridized carbons (Fsp3) is 0.571. The van der Waals surface area contributed by atoms with Gasteiger partial charge in [0.2, 0.25) is 10.0 Å². The molecule has 0 aliphatic heterocycles. The molecule has 1 saturated carbocycles. The van der Waals surface area contributed by atoms with Crippen molar-refractivity contribution in [2.75, 3.05) is 5.33 Å². The Morgan fingerprint density at radius 1 is 1.40 bits per heavy atom. The van der Waals surface area contributed by atoms with Crippen LogP contribution in [0.1, 0.15) is 32.6 Å². The zero-order valence-electron chi connectivity index (χ0n) is 11.4. The molecule has 0 amide bonds. The van der Waals surface area contributed by atoms with Crippen LogP contribution < -0.4 is 4.72 Å². The van der Waals surface area contributed by atoms with Crippen LogP contribution in [0.4, 0.5) is 4.39 Å². The molecule has 0 saturated heterocycles. The molecule has 0 bridgehead atoms. The van der Waals surface area contributed by atoms with E-state index in [0.29, 0.717) is 11.2 Å². The summed E-state index contributed by atoms with van der Waals surface area (Å²) in [6.45, 7) is 2.18. The van der Waals surface area contributed by atoms with E-state index in [4.69, 9.17) is 0 Å². The number of hydrogen-bond donors (Lipinski definition) is 1. The first-order valence-electron chi connectivity index (χ1n) is 6.72. The number of nitrogens with one attached hydrogen (secondary N) is 1. The molecule has 1 aromatic carbocycles. The van der Waals surface area contributed by atoms with E-state index >= 15 is 0 Å². The van der Waals surface area contributed by atoms with Crippen molar-refractivity contribution in [2.45, 2.75) is 43.0 Å². The first kappa shape index (κ1) is 15.9. The van der Waals surface area contributed by atoms with Crippen LogP contribution in [0.3, 0.4) is 0 Å². The van der Waals surface area contributed by atoms with Crippen molar-refractivity contribution in [3.05, 3.63) is 30.1 Å². The molecule has 0 radical (unpaired) electrons. The molecular weight excluding hydrogens is 345 g/mol.